The summed E-state index contributed by atoms with van der Waals surface area (Å²) in [4.78, 5) is 38.4. The number of esters is 3. The largest absolute Gasteiger partial charge is 0.462 e. The Morgan fingerprint density at radius 3 is 0.760 bits per heavy atom. The van der Waals surface area contributed by atoms with Gasteiger partial charge in [0.25, 0.3) is 0 Å². The zero-order valence-electron chi connectivity index (χ0n) is 50.3. The summed E-state index contributed by atoms with van der Waals surface area (Å²) in [5.41, 5.74) is 0. The van der Waals surface area contributed by atoms with Crippen LogP contribution in [0.4, 0.5) is 0 Å². The first-order chi connectivity index (χ1) is 37.0. The SMILES string of the molecule is CCCCCCC/C=C\C/C=C\C/C=C\CCCCCCCCCCC(=O)OCC(COC(=O)CCCCCCC/C=C\CCCCCCCC)OC(=O)CCCCCCCCCCCCCCCCCCCCC. The molecule has 6 heteroatoms. The normalized spacial score (nSPS) is 12.3. The van der Waals surface area contributed by atoms with E-state index in [0.717, 1.165) is 83.5 Å². The fourth-order valence-electron chi connectivity index (χ4n) is 9.80. The van der Waals surface area contributed by atoms with Gasteiger partial charge in [0.2, 0.25) is 0 Å². The number of ether oxygens (including phenoxy) is 3. The van der Waals surface area contributed by atoms with Crippen LogP contribution in [-0.2, 0) is 28.6 Å². The Labute approximate surface area is 467 Å². The van der Waals surface area contributed by atoms with Crippen molar-refractivity contribution in [2.75, 3.05) is 13.2 Å². The summed E-state index contributed by atoms with van der Waals surface area (Å²) < 4.78 is 17.0. The predicted octanol–water partition coefficient (Wildman–Crippen LogP) is 22.6. The van der Waals surface area contributed by atoms with E-state index in [0.29, 0.717) is 19.3 Å². The number of hydrogen-bond donors (Lipinski definition) is 0. The monoisotopic (exact) mass is 1050 g/mol. The van der Waals surface area contributed by atoms with E-state index in [2.05, 4.69) is 69.4 Å². The first kappa shape index (κ1) is 72.4. The maximum Gasteiger partial charge on any atom is 0.306 e. The van der Waals surface area contributed by atoms with Crippen LogP contribution in [0.15, 0.2) is 48.6 Å². The second-order valence-corrected chi connectivity index (χ2v) is 22.4. The van der Waals surface area contributed by atoms with E-state index >= 15 is 0 Å². The molecule has 1 atom stereocenters. The van der Waals surface area contributed by atoms with Gasteiger partial charge in [-0.05, 0) is 83.5 Å². The Hall–Kier alpha value is -2.63. The topological polar surface area (TPSA) is 78.9 Å². The van der Waals surface area contributed by atoms with Crippen molar-refractivity contribution < 1.29 is 28.6 Å². The maximum atomic E-state index is 12.9. The third kappa shape index (κ3) is 62.1. The molecule has 0 N–H and O–H groups in total. The highest BCUT2D eigenvalue weighted by molar-refractivity contribution is 5.71. The van der Waals surface area contributed by atoms with Crippen molar-refractivity contribution in [2.45, 2.75) is 361 Å². The predicted molar refractivity (Wildman–Crippen MR) is 325 cm³/mol. The lowest BCUT2D eigenvalue weighted by molar-refractivity contribution is -0.167. The number of carbonyl (C=O) groups is 3. The standard InChI is InChI=1S/C69H126O6/c1-4-7-10-13-16-19-22-25-28-30-32-33-34-35-37-38-41-44-47-50-53-56-59-62-68(71)74-65-66(64-73-67(70)61-58-55-52-49-46-43-40-27-24-21-18-15-12-9-6-3)75-69(72)63-60-57-54-51-48-45-42-39-36-31-29-26-23-20-17-14-11-8-5-2/h22,25,27,30,32,34-35,40,66H,4-21,23-24,26,28-29,31,33,36-39,41-65H2,1-3H3/b25-22-,32-30-,35-34-,40-27-. The average molecular weight is 1050 g/mol. The van der Waals surface area contributed by atoms with Crippen LogP contribution < -0.4 is 0 Å². The number of rotatable bonds is 61. The Balaban J connectivity index is 4.33. The van der Waals surface area contributed by atoms with Crippen molar-refractivity contribution in [3.8, 4) is 0 Å². The van der Waals surface area contributed by atoms with Gasteiger partial charge in [-0.2, -0.15) is 0 Å². The van der Waals surface area contributed by atoms with Gasteiger partial charge >= 0.3 is 17.9 Å². The van der Waals surface area contributed by atoms with Gasteiger partial charge in [-0.3, -0.25) is 14.4 Å². The Morgan fingerprint density at radius 1 is 0.267 bits per heavy atom. The molecule has 0 amide bonds. The van der Waals surface area contributed by atoms with Gasteiger partial charge < -0.3 is 14.2 Å². The minimum Gasteiger partial charge on any atom is -0.462 e. The number of carbonyl (C=O) groups excluding carboxylic acids is 3. The molecule has 0 radical (unpaired) electrons. The average Bonchev–Trinajstić information content (AvgIpc) is 3.41. The molecule has 6 nitrogen and oxygen atoms in total. The molecule has 0 bridgehead atoms. The van der Waals surface area contributed by atoms with E-state index in [4.69, 9.17) is 14.2 Å². The first-order valence-electron chi connectivity index (χ1n) is 33.1. The molecule has 75 heavy (non-hydrogen) atoms. The third-order valence-corrected chi connectivity index (χ3v) is 14.8. The molecule has 0 rings (SSSR count). The summed E-state index contributed by atoms with van der Waals surface area (Å²) in [5.74, 6) is -0.868. The van der Waals surface area contributed by atoms with E-state index in [1.165, 1.54) is 231 Å². The summed E-state index contributed by atoms with van der Waals surface area (Å²) in [5, 5.41) is 0. The minimum atomic E-state index is -0.779. The van der Waals surface area contributed by atoms with Gasteiger partial charge in [0.05, 0.1) is 0 Å². The number of allylic oxidation sites excluding steroid dienone is 8. The molecule has 0 aliphatic heterocycles. The van der Waals surface area contributed by atoms with Crippen LogP contribution in [0.5, 0.6) is 0 Å². The quantitative estimate of drug-likeness (QED) is 0.0261. The first-order valence-corrected chi connectivity index (χ1v) is 33.1. The summed E-state index contributed by atoms with van der Waals surface area (Å²) >= 11 is 0. The molecular weight excluding hydrogens is 925 g/mol. The van der Waals surface area contributed by atoms with E-state index in [9.17, 15) is 14.4 Å². The van der Waals surface area contributed by atoms with Crippen molar-refractivity contribution >= 4 is 17.9 Å². The lowest BCUT2D eigenvalue weighted by atomic mass is 10.0. The highest BCUT2D eigenvalue weighted by atomic mass is 16.6. The van der Waals surface area contributed by atoms with Crippen LogP contribution in [0.1, 0.15) is 355 Å². The molecule has 1 unspecified atom stereocenters. The van der Waals surface area contributed by atoms with Gasteiger partial charge in [0.15, 0.2) is 6.10 Å². The van der Waals surface area contributed by atoms with E-state index in [1.807, 2.05) is 0 Å². The highest BCUT2D eigenvalue weighted by Crippen LogP contribution is 2.17. The molecular formula is C69H126O6. The lowest BCUT2D eigenvalue weighted by Crippen LogP contribution is -2.30. The van der Waals surface area contributed by atoms with Gasteiger partial charge in [-0.1, -0.05) is 301 Å². The van der Waals surface area contributed by atoms with Gasteiger partial charge in [-0.25, -0.2) is 0 Å². The number of hydrogen-bond acceptors (Lipinski definition) is 6. The molecule has 438 valence electrons. The zero-order valence-corrected chi connectivity index (χ0v) is 50.3. The summed E-state index contributed by atoms with van der Waals surface area (Å²) in [7, 11) is 0. The Morgan fingerprint density at radius 2 is 0.480 bits per heavy atom. The molecule has 0 spiro atoms. The van der Waals surface area contributed by atoms with Crippen molar-refractivity contribution in [1.29, 1.82) is 0 Å². The molecule has 0 saturated heterocycles. The fraction of sp³-hybridized carbons (Fsp3) is 0.841. The fourth-order valence-corrected chi connectivity index (χ4v) is 9.80. The molecule has 0 heterocycles. The summed E-state index contributed by atoms with van der Waals surface area (Å²) in [6.07, 6.45) is 79.7. The minimum absolute atomic E-state index is 0.0761. The van der Waals surface area contributed by atoms with Crippen LogP contribution >= 0.6 is 0 Å². The molecule has 0 aliphatic rings. The summed E-state index contributed by atoms with van der Waals surface area (Å²) in [6, 6.07) is 0. The third-order valence-electron chi connectivity index (χ3n) is 14.8. The van der Waals surface area contributed by atoms with Gasteiger partial charge in [0, 0.05) is 19.3 Å². The maximum absolute atomic E-state index is 12.9. The second-order valence-electron chi connectivity index (χ2n) is 22.4. The smallest absolute Gasteiger partial charge is 0.306 e. The lowest BCUT2D eigenvalue weighted by Gasteiger charge is -2.18. The van der Waals surface area contributed by atoms with E-state index < -0.39 is 6.10 Å². The van der Waals surface area contributed by atoms with Crippen LogP contribution in [-0.4, -0.2) is 37.2 Å². The van der Waals surface area contributed by atoms with E-state index in [-0.39, 0.29) is 31.1 Å². The zero-order chi connectivity index (χ0) is 54.3. The molecule has 0 aromatic carbocycles. The Kier molecular flexibility index (Phi) is 61.7. The Bertz CT molecular complexity index is 1300. The van der Waals surface area contributed by atoms with E-state index in [1.54, 1.807) is 0 Å². The van der Waals surface area contributed by atoms with Crippen LogP contribution in [0.3, 0.4) is 0 Å². The van der Waals surface area contributed by atoms with Crippen LogP contribution in [0.2, 0.25) is 0 Å². The molecule has 0 saturated carbocycles. The van der Waals surface area contributed by atoms with Crippen LogP contribution in [0.25, 0.3) is 0 Å². The van der Waals surface area contributed by atoms with Crippen LogP contribution in [0, 0.1) is 0 Å². The molecule has 0 aliphatic carbocycles. The summed E-state index contributed by atoms with van der Waals surface area (Å²) in [6.45, 7) is 6.67. The highest BCUT2D eigenvalue weighted by Gasteiger charge is 2.19. The van der Waals surface area contributed by atoms with Crippen molar-refractivity contribution in [3.05, 3.63) is 48.6 Å². The van der Waals surface area contributed by atoms with Gasteiger partial charge in [0.1, 0.15) is 13.2 Å². The van der Waals surface area contributed by atoms with Crippen molar-refractivity contribution in [3.63, 3.8) is 0 Å². The molecule has 0 aromatic heterocycles. The second kappa shape index (κ2) is 63.9. The van der Waals surface area contributed by atoms with Gasteiger partial charge in [-0.15, -0.1) is 0 Å². The molecule has 0 aromatic rings. The number of unbranched alkanes of at least 4 members (excludes halogenated alkanes) is 42. The van der Waals surface area contributed by atoms with Crippen molar-refractivity contribution in [2.24, 2.45) is 0 Å². The van der Waals surface area contributed by atoms with Crippen molar-refractivity contribution in [1.82, 2.24) is 0 Å². The molecule has 0 fully saturated rings.